The molecule has 0 unspecified atom stereocenters. The van der Waals surface area contributed by atoms with E-state index >= 15 is 0 Å². The van der Waals surface area contributed by atoms with E-state index in [1.165, 1.54) is 19.3 Å². The van der Waals surface area contributed by atoms with Gasteiger partial charge in [0.25, 0.3) is 0 Å². The van der Waals surface area contributed by atoms with Crippen molar-refractivity contribution < 1.29 is 14.3 Å². The summed E-state index contributed by atoms with van der Waals surface area (Å²) in [5, 5.41) is 2.64. The number of ether oxygens (including phenoxy) is 1. The van der Waals surface area contributed by atoms with Gasteiger partial charge in [-0.3, -0.25) is 4.79 Å². The number of anilines is 1. The third-order valence-corrected chi connectivity index (χ3v) is 1.92. The quantitative estimate of drug-likeness (QED) is 0.489. The van der Waals surface area contributed by atoms with Gasteiger partial charge < -0.3 is 10.1 Å². The van der Waals surface area contributed by atoms with E-state index in [1.54, 1.807) is 12.1 Å². The molecule has 0 radical (unpaired) electrons. The smallest absolute Gasteiger partial charge is 0.337 e. The summed E-state index contributed by atoms with van der Waals surface area (Å²) in [4.78, 5) is 22.4. The maximum atomic E-state index is 11.4. The molecule has 0 saturated carbocycles. The van der Waals surface area contributed by atoms with Crippen molar-refractivity contribution in [2.24, 2.45) is 0 Å². The number of amides is 1. The van der Waals surface area contributed by atoms with Gasteiger partial charge in [-0.15, -0.1) is 0 Å². The molecule has 0 atom stereocenters. The average molecular weight is 231 g/mol. The van der Waals surface area contributed by atoms with Gasteiger partial charge in [-0.25, -0.2) is 4.79 Å². The van der Waals surface area contributed by atoms with Crippen LogP contribution in [0.25, 0.3) is 0 Å². The first-order valence-electron chi connectivity index (χ1n) is 4.95. The van der Waals surface area contributed by atoms with E-state index in [4.69, 9.17) is 0 Å². The normalized spacial score (nSPS) is 9.94. The summed E-state index contributed by atoms with van der Waals surface area (Å²) >= 11 is 0. The third kappa shape index (κ3) is 4.34. The highest BCUT2D eigenvalue weighted by Gasteiger charge is 2.03. The Morgan fingerprint density at radius 1 is 1.24 bits per heavy atom. The lowest BCUT2D eigenvalue weighted by Gasteiger charge is -2.00. The van der Waals surface area contributed by atoms with Crippen LogP contribution in [0.15, 0.2) is 54.6 Å². The van der Waals surface area contributed by atoms with Gasteiger partial charge in [-0.1, -0.05) is 24.8 Å². The van der Waals surface area contributed by atoms with Crippen LogP contribution in [-0.2, 0) is 14.3 Å². The van der Waals surface area contributed by atoms with E-state index in [0.29, 0.717) is 5.69 Å². The fourth-order valence-electron chi connectivity index (χ4n) is 1.08. The van der Waals surface area contributed by atoms with Crippen molar-refractivity contribution in [3.05, 3.63) is 54.6 Å². The van der Waals surface area contributed by atoms with Crippen LogP contribution >= 0.6 is 0 Å². The highest BCUT2D eigenvalue weighted by molar-refractivity contribution is 6.01. The molecule has 1 aromatic rings. The summed E-state index contributed by atoms with van der Waals surface area (Å²) in [6.45, 7) is 3.46. The third-order valence-electron chi connectivity index (χ3n) is 1.92. The first-order valence-corrected chi connectivity index (χ1v) is 4.95. The number of esters is 1. The van der Waals surface area contributed by atoms with Crippen LogP contribution in [0.2, 0.25) is 0 Å². The Hall–Kier alpha value is -2.36. The number of rotatable bonds is 4. The predicted molar refractivity (Wildman–Crippen MR) is 65.4 cm³/mol. The molecule has 1 N–H and O–H groups in total. The van der Waals surface area contributed by atoms with E-state index < -0.39 is 5.97 Å². The highest BCUT2D eigenvalue weighted by atomic mass is 16.5. The molecule has 1 rings (SSSR count). The van der Waals surface area contributed by atoms with Crippen LogP contribution in [0.4, 0.5) is 5.69 Å². The number of para-hydroxylation sites is 1. The van der Waals surface area contributed by atoms with Crippen molar-refractivity contribution >= 4 is 17.6 Å². The van der Waals surface area contributed by atoms with Crippen molar-refractivity contribution in [2.75, 3.05) is 12.4 Å². The molecule has 0 spiro atoms. The molecule has 0 bridgehead atoms. The van der Waals surface area contributed by atoms with Crippen LogP contribution in [0.5, 0.6) is 0 Å². The van der Waals surface area contributed by atoms with Gasteiger partial charge in [-0.2, -0.15) is 0 Å². The second kappa shape index (κ2) is 6.27. The van der Waals surface area contributed by atoms with Gasteiger partial charge in [0.1, 0.15) is 0 Å². The van der Waals surface area contributed by atoms with Crippen molar-refractivity contribution in [2.45, 2.75) is 0 Å². The summed E-state index contributed by atoms with van der Waals surface area (Å²) in [7, 11) is 1.26. The van der Waals surface area contributed by atoms with Gasteiger partial charge in [-0.05, 0) is 18.2 Å². The van der Waals surface area contributed by atoms with E-state index in [1.807, 2.05) is 18.2 Å². The molecule has 0 saturated heterocycles. The summed E-state index contributed by atoms with van der Waals surface area (Å²) in [5.74, 6) is -0.894. The molecule has 1 aromatic carbocycles. The predicted octanol–water partition coefficient (Wildman–Crippen LogP) is 1.91. The van der Waals surface area contributed by atoms with Crippen LogP contribution < -0.4 is 5.32 Å². The molecular weight excluding hydrogens is 218 g/mol. The highest BCUT2D eigenvalue weighted by Crippen LogP contribution is 2.05. The molecule has 0 aliphatic heterocycles. The van der Waals surface area contributed by atoms with Gasteiger partial charge in [0, 0.05) is 11.8 Å². The second-order valence-electron chi connectivity index (χ2n) is 3.21. The Morgan fingerprint density at radius 2 is 1.88 bits per heavy atom. The van der Waals surface area contributed by atoms with E-state index in [9.17, 15) is 9.59 Å². The zero-order valence-electron chi connectivity index (χ0n) is 9.47. The van der Waals surface area contributed by atoms with Crippen molar-refractivity contribution in [3.63, 3.8) is 0 Å². The molecule has 0 aromatic heterocycles. The number of hydrogen-bond acceptors (Lipinski definition) is 3. The van der Waals surface area contributed by atoms with Gasteiger partial charge in [0.2, 0.25) is 5.91 Å². The fraction of sp³-hybridized carbons (Fsp3) is 0.0769. The number of methoxy groups -OCH3 is 1. The Morgan fingerprint density at radius 3 is 2.47 bits per heavy atom. The number of hydrogen-bond donors (Lipinski definition) is 1. The van der Waals surface area contributed by atoms with Crippen LogP contribution in [-0.4, -0.2) is 19.0 Å². The summed E-state index contributed by atoms with van der Waals surface area (Å²) < 4.78 is 4.44. The topological polar surface area (TPSA) is 55.4 Å². The summed E-state index contributed by atoms with van der Waals surface area (Å²) in [5.41, 5.74) is 0.807. The maximum Gasteiger partial charge on any atom is 0.337 e. The fourth-order valence-corrected chi connectivity index (χ4v) is 1.08. The summed E-state index contributed by atoms with van der Waals surface area (Å²) in [6.07, 6.45) is 2.54. The maximum absolute atomic E-state index is 11.4. The zero-order chi connectivity index (χ0) is 12.7. The standard InChI is InChI=1S/C13H13NO3/c1-10(13(16)17-2)8-9-12(15)14-11-6-4-3-5-7-11/h3-9H,1H2,2H3,(H,14,15)/b9-8-. The lowest BCUT2D eigenvalue weighted by Crippen LogP contribution is -2.08. The molecule has 0 aliphatic carbocycles. The lowest BCUT2D eigenvalue weighted by molar-refractivity contribution is -0.135. The lowest BCUT2D eigenvalue weighted by atomic mass is 10.2. The summed E-state index contributed by atoms with van der Waals surface area (Å²) in [6, 6.07) is 9.01. The number of carbonyl (C=O) groups excluding carboxylic acids is 2. The van der Waals surface area contributed by atoms with Crippen LogP contribution in [0, 0.1) is 0 Å². The van der Waals surface area contributed by atoms with Gasteiger partial charge in [0.15, 0.2) is 0 Å². The van der Waals surface area contributed by atoms with Crippen LogP contribution in [0.3, 0.4) is 0 Å². The van der Waals surface area contributed by atoms with E-state index in [0.717, 1.165) is 0 Å². The number of carbonyl (C=O) groups is 2. The molecule has 17 heavy (non-hydrogen) atoms. The molecule has 4 nitrogen and oxygen atoms in total. The second-order valence-corrected chi connectivity index (χ2v) is 3.21. The first-order chi connectivity index (χ1) is 8.13. The minimum absolute atomic E-state index is 0.121. The first kappa shape index (κ1) is 12.7. The van der Waals surface area contributed by atoms with E-state index in [2.05, 4.69) is 16.6 Å². The minimum atomic E-state index is -0.561. The van der Waals surface area contributed by atoms with Crippen molar-refractivity contribution in [1.29, 1.82) is 0 Å². The monoisotopic (exact) mass is 231 g/mol. The van der Waals surface area contributed by atoms with Crippen molar-refractivity contribution in [1.82, 2.24) is 0 Å². The Labute approximate surface area is 99.6 Å². The van der Waals surface area contributed by atoms with Gasteiger partial charge >= 0.3 is 5.97 Å². The average Bonchev–Trinajstić information content (AvgIpc) is 2.36. The molecule has 1 amide bonds. The Kier molecular flexibility index (Phi) is 4.69. The number of benzene rings is 1. The number of nitrogens with one attached hydrogen (secondary N) is 1. The molecular formula is C13H13NO3. The van der Waals surface area contributed by atoms with Crippen molar-refractivity contribution in [3.8, 4) is 0 Å². The Bertz CT molecular complexity index is 449. The minimum Gasteiger partial charge on any atom is -0.465 e. The molecule has 0 fully saturated rings. The molecule has 0 aliphatic rings. The van der Waals surface area contributed by atoms with Crippen LogP contribution in [0.1, 0.15) is 0 Å². The molecule has 0 heterocycles. The van der Waals surface area contributed by atoms with Gasteiger partial charge in [0.05, 0.1) is 12.7 Å². The Balaban J connectivity index is 2.53. The largest absolute Gasteiger partial charge is 0.465 e. The zero-order valence-corrected chi connectivity index (χ0v) is 9.47. The molecule has 4 heteroatoms. The SMILES string of the molecule is C=C(/C=C\C(=O)Nc1ccccc1)C(=O)OC. The van der Waals surface area contributed by atoms with E-state index in [-0.39, 0.29) is 11.5 Å². The molecule has 88 valence electrons.